The van der Waals surface area contributed by atoms with Crippen LogP contribution in [-0.4, -0.2) is 29.6 Å². The van der Waals surface area contributed by atoms with E-state index in [0.29, 0.717) is 0 Å². The first-order valence-electron chi connectivity index (χ1n) is 5.03. The fraction of sp³-hybridized carbons (Fsp3) is 0.800. The van der Waals surface area contributed by atoms with E-state index >= 15 is 0 Å². The van der Waals surface area contributed by atoms with Gasteiger partial charge in [0, 0.05) is 25.5 Å². The largest absolute Gasteiger partial charge is 0.359 e. The monoisotopic (exact) mass is 168 g/mol. The van der Waals surface area contributed by atoms with Gasteiger partial charge in [-0.3, -0.25) is 0 Å². The number of nitrogens with zero attached hydrogens (tertiary/aromatic N) is 2. The molecule has 0 unspecified atom stereocenters. The van der Waals surface area contributed by atoms with Crippen LogP contribution in [0.1, 0.15) is 33.1 Å². The van der Waals surface area contributed by atoms with Crippen molar-refractivity contribution in [2.45, 2.75) is 33.1 Å². The molecule has 0 N–H and O–H groups in total. The molecule has 2 nitrogen and oxygen atoms in total. The zero-order valence-electron chi connectivity index (χ0n) is 8.29. The van der Waals surface area contributed by atoms with Crippen molar-refractivity contribution in [2.24, 2.45) is 0 Å². The molecule has 0 bridgehead atoms. The molecule has 0 saturated carbocycles. The van der Waals surface area contributed by atoms with Crippen LogP contribution in [0.5, 0.6) is 0 Å². The molecule has 0 spiro atoms. The molecule has 0 amide bonds. The Morgan fingerprint density at radius 2 is 1.67 bits per heavy atom. The summed E-state index contributed by atoms with van der Waals surface area (Å²) in [5.74, 6) is 0. The molecule has 0 atom stereocenters. The van der Waals surface area contributed by atoms with Gasteiger partial charge in [-0.15, -0.1) is 0 Å². The van der Waals surface area contributed by atoms with E-state index in [2.05, 4.69) is 36.0 Å². The molecule has 2 heteroatoms. The van der Waals surface area contributed by atoms with Gasteiger partial charge in [0.1, 0.15) is 0 Å². The highest BCUT2D eigenvalue weighted by Gasteiger charge is 2.09. The van der Waals surface area contributed by atoms with Crippen LogP contribution in [0.15, 0.2) is 12.4 Å². The Balaban J connectivity index is 2.14. The molecule has 0 aromatic carbocycles. The predicted octanol–water partition coefficient (Wildman–Crippen LogP) is 2.24. The maximum absolute atomic E-state index is 2.39. The summed E-state index contributed by atoms with van der Waals surface area (Å²) in [6.07, 6.45) is 8.26. The van der Waals surface area contributed by atoms with E-state index < -0.39 is 0 Å². The maximum Gasteiger partial charge on any atom is 0.0893 e. The van der Waals surface area contributed by atoms with Crippen LogP contribution in [0.25, 0.3) is 0 Å². The third-order valence-electron chi connectivity index (χ3n) is 2.16. The molecule has 70 valence electrons. The van der Waals surface area contributed by atoms with Gasteiger partial charge in [-0.1, -0.05) is 20.3 Å². The lowest BCUT2D eigenvalue weighted by Crippen LogP contribution is -2.26. The molecule has 12 heavy (non-hydrogen) atoms. The van der Waals surface area contributed by atoms with E-state index in [4.69, 9.17) is 0 Å². The zero-order valence-corrected chi connectivity index (χ0v) is 8.29. The van der Waals surface area contributed by atoms with Crippen molar-refractivity contribution in [3.05, 3.63) is 12.4 Å². The summed E-state index contributed by atoms with van der Waals surface area (Å²) in [5.41, 5.74) is 0. The minimum atomic E-state index is 1.10. The minimum absolute atomic E-state index is 1.10. The van der Waals surface area contributed by atoms with Gasteiger partial charge in [0.15, 0.2) is 0 Å². The molecule has 0 fully saturated rings. The highest BCUT2D eigenvalue weighted by atomic mass is 15.3. The quantitative estimate of drug-likeness (QED) is 0.621. The highest BCUT2D eigenvalue weighted by Crippen LogP contribution is 2.07. The van der Waals surface area contributed by atoms with Crippen molar-refractivity contribution in [1.82, 2.24) is 9.80 Å². The van der Waals surface area contributed by atoms with E-state index in [-0.39, 0.29) is 0 Å². The van der Waals surface area contributed by atoms with Crippen molar-refractivity contribution >= 4 is 0 Å². The van der Waals surface area contributed by atoms with Crippen LogP contribution in [0.4, 0.5) is 0 Å². The molecule has 1 heterocycles. The first-order chi connectivity index (χ1) is 5.86. The fourth-order valence-electron chi connectivity index (χ4n) is 1.46. The SMILES string of the molecule is CCCCN1C=CN(CCC)C1. The maximum atomic E-state index is 2.39. The Morgan fingerprint density at radius 1 is 1.00 bits per heavy atom. The van der Waals surface area contributed by atoms with Crippen LogP contribution in [0.2, 0.25) is 0 Å². The van der Waals surface area contributed by atoms with Crippen LogP contribution < -0.4 is 0 Å². The summed E-state index contributed by atoms with van der Waals surface area (Å²) in [7, 11) is 0. The van der Waals surface area contributed by atoms with Crippen LogP contribution in [0.3, 0.4) is 0 Å². The average molecular weight is 168 g/mol. The smallest absolute Gasteiger partial charge is 0.0893 e. The standard InChI is InChI=1S/C10H20N2/c1-3-5-7-12-9-8-11(10-12)6-4-2/h8-9H,3-7,10H2,1-2H3. The third-order valence-corrected chi connectivity index (χ3v) is 2.16. The van der Waals surface area contributed by atoms with E-state index in [9.17, 15) is 0 Å². The van der Waals surface area contributed by atoms with Crippen molar-refractivity contribution in [3.8, 4) is 0 Å². The Bertz CT molecular complexity index is 143. The van der Waals surface area contributed by atoms with E-state index in [1.165, 1.54) is 32.4 Å². The molecule has 0 saturated heterocycles. The summed E-state index contributed by atoms with van der Waals surface area (Å²) >= 11 is 0. The second-order valence-electron chi connectivity index (χ2n) is 3.42. The summed E-state index contributed by atoms with van der Waals surface area (Å²) < 4.78 is 0. The summed E-state index contributed by atoms with van der Waals surface area (Å²) in [6.45, 7) is 7.98. The van der Waals surface area contributed by atoms with E-state index in [1.54, 1.807) is 0 Å². The molecular weight excluding hydrogens is 148 g/mol. The Morgan fingerprint density at radius 3 is 2.25 bits per heavy atom. The lowest BCUT2D eigenvalue weighted by molar-refractivity contribution is 0.263. The summed E-state index contributed by atoms with van der Waals surface area (Å²) in [4.78, 5) is 4.76. The van der Waals surface area contributed by atoms with Gasteiger partial charge < -0.3 is 9.80 Å². The number of hydrogen-bond acceptors (Lipinski definition) is 2. The van der Waals surface area contributed by atoms with Crippen molar-refractivity contribution < 1.29 is 0 Å². The van der Waals surface area contributed by atoms with Gasteiger partial charge >= 0.3 is 0 Å². The number of hydrogen-bond donors (Lipinski definition) is 0. The molecule has 1 aliphatic heterocycles. The summed E-state index contributed by atoms with van der Waals surface area (Å²) in [6, 6.07) is 0. The second kappa shape index (κ2) is 5.07. The minimum Gasteiger partial charge on any atom is -0.359 e. The van der Waals surface area contributed by atoms with Crippen molar-refractivity contribution in [2.75, 3.05) is 19.8 Å². The topological polar surface area (TPSA) is 6.48 Å². The molecular formula is C10H20N2. The highest BCUT2D eigenvalue weighted by molar-refractivity contribution is 4.89. The van der Waals surface area contributed by atoms with Gasteiger partial charge in [0.25, 0.3) is 0 Å². The summed E-state index contributed by atoms with van der Waals surface area (Å²) in [5, 5.41) is 0. The van der Waals surface area contributed by atoms with Gasteiger partial charge in [0.2, 0.25) is 0 Å². The third kappa shape index (κ3) is 2.76. The molecule has 0 aromatic heterocycles. The Hall–Kier alpha value is -0.660. The number of rotatable bonds is 5. The van der Waals surface area contributed by atoms with E-state index in [0.717, 1.165) is 6.67 Å². The normalized spacial score (nSPS) is 16.2. The first kappa shape index (κ1) is 9.43. The van der Waals surface area contributed by atoms with Gasteiger partial charge in [-0.2, -0.15) is 0 Å². The van der Waals surface area contributed by atoms with Crippen molar-refractivity contribution in [3.63, 3.8) is 0 Å². The zero-order chi connectivity index (χ0) is 8.81. The van der Waals surface area contributed by atoms with Gasteiger partial charge in [0.05, 0.1) is 6.67 Å². The van der Waals surface area contributed by atoms with Crippen LogP contribution >= 0.6 is 0 Å². The Labute approximate surface area is 75.8 Å². The molecule has 0 aliphatic carbocycles. The van der Waals surface area contributed by atoms with Crippen LogP contribution in [0, 0.1) is 0 Å². The molecule has 1 aliphatic rings. The first-order valence-corrected chi connectivity index (χ1v) is 5.03. The van der Waals surface area contributed by atoms with Gasteiger partial charge in [-0.25, -0.2) is 0 Å². The molecule has 0 radical (unpaired) electrons. The predicted molar refractivity (Wildman–Crippen MR) is 52.6 cm³/mol. The fourth-order valence-corrected chi connectivity index (χ4v) is 1.46. The van der Waals surface area contributed by atoms with E-state index in [1.807, 2.05) is 0 Å². The second-order valence-corrected chi connectivity index (χ2v) is 3.42. The lowest BCUT2D eigenvalue weighted by atomic mass is 10.3. The van der Waals surface area contributed by atoms with Crippen molar-refractivity contribution in [1.29, 1.82) is 0 Å². The lowest BCUT2D eigenvalue weighted by Gasteiger charge is -2.20. The molecule has 1 rings (SSSR count). The number of unbranched alkanes of at least 4 members (excludes halogenated alkanes) is 1. The van der Waals surface area contributed by atoms with Gasteiger partial charge in [-0.05, 0) is 12.8 Å². The molecule has 0 aromatic rings. The Kier molecular flexibility index (Phi) is 3.98. The average Bonchev–Trinajstić information content (AvgIpc) is 2.50. The van der Waals surface area contributed by atoms with Crippen LogP contribution in [-0.2, 0) is 0 Å².